The van der Waals surface area contributed by atoms with Gasteiger partial charge in [0, 0.05) is 26.1 Å². The van der Waals surface area contributed by atoms with Crippen LogP contribution in [0.1, 0.15) is 30.2 Å². The highest BCUT2D eigenvalue weighted by Gasteiger charge is 2.24. The van der Waals surface area contributed by atoms with E-state index in [9.17, 15) is 9.59 Å². The first kappa shape index (κ1) is 19.4. The van der Waals surface area contributed by atoms with Gasteiger partial charge < -0.3 is 9.64 Å². The Kier molecular flexibility index (Phi) is 6.04. The summed E-state index contributed by atoms with van der Waals surface area (Å²) in [5.41, 5.74) is 1.19. The normalized spacial score (nSPS) is 15.1. The predicted molar refractivity (Wildman–Crippen MR) is 106 cm³/mol. The second-order valence-corrected chi connectivity index (χ2v) is 9.12. The fourth-order valence-electron chi connectivity index (χ4n) is 3.26. The minimum absolute atomic E-state index is 0.00143. The Morgan fingerprint density at radius 2 is 2.12 bits per heavy atom. The topological polar surface area (TPSA) is 64.4 Å². The molecule has 0 radical (unpaired) electrons. The number of amides is 1. The van der Waals surface area contributed by atoms with E-state index in [4.69, 9.17) is 9.72 Å². The van der Waals surface area contributed by atoms with Crippen molar-refractivity contribution in [2.24, 2.45) is 0 Å². The van der Waals surface area contributed by atoms with Gasteiger partial charge in [0.15, 0.2) is 5.16 Å². The zero-order chi connectivity index (χ0) is 18.8. The average Bonchev–Trinajstić information content (AvgIpc) is 2.98. The maximum Gasteiger partial charge on any atom is 0.263 e. The first-order valence-electron chi connectivity index (χ1n) is 8.86. The van der Waals surface area contributed by atoms with Crippen molar-refractivity contribution >= 4 is 39.2 Å². The number of nitrogens with zero attached hydrogens (tertiary/aromatic N) is 3. The quantitative estimate of drug-likeness (QED) is 0.556. The summed E-state index contributed by atoms with van der Waals surface area (Å²) >= 11 is 2.98. The van der Waals surface area contributed by atoms with Crippen molar-refractivity contribution in [3.63, 3.8) is 0 Å². The molecule has 0 bridgehead atoms. The summed E-state index contributed by atoms with van der Waals surface area (Å²) < 4.78 is 6.86. The summed E-state index contributed by atoms with van der Waals surface area (Å²) in [4.78, 5) is 34.0. The Hall–Kier alpha value is -1.38. The maximum absolute atomic E-state index is 13.2. The van der Waals surface area contributed by atoms with Crippen molar-refractivity contribution in [3.05, 3.63) is 20.8 Å². The Morgan fingerprint density at radius 3 is 2.81 bits per heavy atom. The fourth-order valence-corrected chi connectivity index (χ4v) is 5.64. The lowest BCUT2D eigenvalue weighted by atomic mass is 9.97. The van der Waals surface area contributed by atoms with Crippen LogP contribution in [0.5, 0.6) is 0 Å². The monoisotopic (exact) mass is 395 g/mol. The molecule has 6 nitrogen and oxygen atoms in total. The number of aryl methyl sites for hydroxylation is 2. The van der Waals surface area contributed by atoms with Gasteiger partial charge in [-0.05, 0) is 38.2 Å². The smallest absolute Gasteiger partial charge is 0.263 e. The van der Waals surface area contributed by atoms with Crippen LogP contribution in [0.2, 0.25) is 0 Å². The highest BCUT2D eigenvalue weighted by atomic mass is 32.2. The number of rotatable bonds is 6. The first-order chi connectivity index (χ1) is 12.4. The van der Waals surface area contributed by atoms with Gasteiger partial charge in [0.05, 0.1) is 23.8 Å². The van der Waals surface area contributed by atoms with Gasteiger partial charge >= 0.3 is 0 Å². The molecule has 0 aliphatic heterocycles. The molecule has 0 aromatic carbocycles. The van der Waals surface area contributed by atoms with E-state index in [-0.39, 0.29) is 16.7 Å². The molecular weight excluding hydrogens is 370 g/mol. The molecule has 1 aliphatic rings. The zero-order valence-corrected chi connectivity index (χ0v) is 17.3. The van der Waals surface area contributed by atoms with E-state index in [1.165, 1.54) is 28.6 Å². The van der Waals surface area contributed by atoms with Crippen molar-refractivity contribution in [3.8, 4) is 0 Å². The van der Waals surface area contributed by atoms with Gasteiger partial charge in [0.1, 0.15) is 4.83 Å². The minimum atomic E-state index is -0.308. The lowest BCUT2D eigenvalue weighted by molar-refractivity contribution is -0.127. The first-order valence-corrected chi connectivity index (χ1v) is 10.6. The van der Waals surface area contributed by atoms with Crippen LogP contribution in [-0.4, -0.2) is 53.4 Å². The molecule has 2 aromatic rings. The van der Waals surface area contributed by atoms with Gasteiger partial charge in [-0.15, -0.1) is 11.3 Å². The molecule has 0 saturated carbocycles. The molecule has 1 amide bonds. The molecule has 142 valence electrons. The van der Waals surface area contributed by atoms with Gasteiger partial charge in [0.25, 0.3) is 5.56 Å². The number of methoxy groups -OCH3 is 1. The van der Waals surface area contributed by atoms with Crippen LogP contribution < -0.4 is 5.56 Å². The molecule has 26 heavy (non-hydrogen) atoms. The van der Waals surface area contributed by atoms with E-state index in [2.05, 4.69) is 0 Å². The lowest BCUT2D eigenvalue weighted by Crippen LogP contribution is -2.31. The van der Waals surface area contributed by atoms with Crippen molar-refractivity contribution in [1.82, 2.24) is 14.5 Å². The largest absolute Gasteiger partial charge is 0.383 e. The lowest BCUT2D eigenvalue weighted by Gasteiger charge is -2.18. The highest BCUT2D eigenvalue weighted by Crippen LogP contribution is 2.35. The van der Waals surface area contributed by atoms with Crippen LogP contribution >= 0.6 is 23.1 Å². The summed E-state index contributed by atoms with van der Waals surface area (Å²) in [6, 6.07) is 0. The standard InChI is InChI=1S/C18H25N3O3S2/c1-11(16(22)20(2)3)25-18-19-15-14(17(23)21(18)9-10-24-4)12-7-5-6-8-13(12)26-15/h11H,5-10H2,1-4H3. The number of fused-ring (bicyclic) bond motifs is 3. The highest BCUT2D eigenvalue weighted by molar-refractivity contribution is 8.00. The summed E-state index contributed by atoms with van der Waals surface area (Å²) in [7, 11) is 5.09. The third-order valence-corrected chi connectivity index (χ3v) is 6.89. The van der Waals surface area contributed by atoms with E-state index < -0.39 is 0 Å². The van der Waals surface area contributed by atoms with Crippen LogP contribution in [0, 0.1) is 0 Å². The molecule has 0 spiro atoms. The summed E-state index contributed by atoms with van der Waals surface area (Å²) in [5.74, 6) is 0.00751. The zero-order valence-electron chi connectivity index (χ0n) is 15.7. The Bertz CT molecular complexity index is 873. The number of hydrogen-bond acceptors (Lipinski definition) is 6. The minimum Gasteiger partial charge on any atom is -0.383 e. The number of thiophene rings is 1. The van der Waals surface area contributed by atoms with Crippen molar-refractivity contribution < 1.29 is 9.53 Å². The number of carbonyl (C=O) groups is 1. The summed E-state index contributed by atoms with van der Waals surface area (Å²) in [6.07, 6.45) is 4.29. The maximum atomic E-state index is 13.2. The molecule has 2 aromatic heterocycles. The van der Waals surface area contributed by atoms with Crippen molar-refractivity contribution in [1.29, 1.82) is 0 Å². The van der Waals surface area contributed by atoms with E-state index in [1.807, 2.05) is 6.92 Å². The van der Waals surface area contributed by atoms with Gasteiger partial charge in [-0.25, -0.2) is 4.98 Å². The molecular formula is C18H25N3O3S2. The van der Waals surface area contributed by atoms with Gasteiger partial charge in [0.2, 0.25) is 5.91 Å². The molecule has 1 aliphatic carbocycles. The molecule has 2 heterocycles. The Morgan fingerprint density at radius 1 is 1.38 bits per heavy atom. The van der Waals surface area contributed by atoms with Gasteiger partial charge in [-0.3, -0.25) is 14.2 Å². The summed E-state index contributed by atoms with van der Waals surface area (Å²) in [5, 5.41) is 1.07. The average molecular weight is 396 g/mol. The third-order valence-electron chi connectivity index (χ3n) is 4.63. The van der Waals surface area contributed by atoms with E-state index in [0.29, 0.717) is 18.3 Å². The predicted octanol–water partition coefficient (Wildman–Crippen LogP) is 2.55. The second-order valence-electron chi connectivity index (χ2n) is 6.73. The molecule has 8 heteroatoms. The third kappa shape index (κ3) is 3.68. The molecule has 1 unspecified atom stereocenters. The molecule has 0 N–H and O–H groups in total. The van der Waals surface area contributed by atoms with Crippen LogP contribution in [0.15, 0.2) is 9.95 Å². The van der Waals surface area contributed by atoms with E-state index in [0.717, 1.165) is 29.5 Å². The Balaban J connectivity index is 2.08. The van der Waals surface area contributed by atoms with Crippen LogP contribution in [0.3, 0.4) is 0 Å². The number of carbonyl (C=O) groups excluding carboxylic acids is 1. The van der Waals surface area contributed by atoms with Crippen LogP contribution in [0.4, 0.5) is 0 Å². The number of aromatic nitrogens is 2. The number of ether oxygens (including phenoxy) is 1. The van der Waals surface area contributed by atoms with E-state index in [1.54, 1.807) is 42.0 Å². The molecule has 0 saturated heterocycles. The number of hydrogen-bond donors (Lipinski definition) is 0. The van der Waals surface area contributed by atoms with Crippen LogP contribution in [-0.2, 0) is 28.9 Å². The second kappa shape index (κ2) is 8.10. The fraction of sp³-hybridized carbons (Fsp3) is 0.611. The Labute approximate surface area is 161 Å². The molecule has 1 atom stereocenters. The van der Waals surface area contributed by atoms with Crippen LogP contribution in [0.25, 0.3) is 10.2 Å². The SMILES string of the molecule is COCCn1c(SC(C)C(=O)N(C)C)nc2sc3c(c2c1=O)CCCC3. The number of thioether (sulfide) groups is 1. The van der Waals surface area contributed by atoms with Gasteiger partial charge in [-0.1, -0.05) is 11.8 Å². The van der Waals surface area contributed by atoms with E-state index >= 15 is 0 Å². The van der Waals surface area contributed by atoms with Gasteiger partial charge in [-0.2, -0.15) is 0 Å². The summed E-state index contributed by atoms with van der Waals surface area (Å²) in [6.45, 7) is 2.72. The van der Waals surface area contributed by atoms with Crippen molar-refractivity contribution in [2.45, 2.75) is 49.6 Å². The van der Waals surface area contributed by atoms with Crippen molar-refractivity contribution in [2.75, 3.05) is 27.8 Å². The molecule has 0 fully saturated rings. The molecule has 3 rings (SSSR count).